The van der Waals surface area contributed by atoms with Crippen LogP contribution in [0.2, 0.25) is 0 Å². The van der Waals surface area contributed by atoms with Crippen LogP contribution < -0.4 is 0 Å². The third kappa shape index (κ3) is 1.99. The molecule has 1 saturated carbocycles. The van der Waals surface area contributed by atoms with Crippen molar-refractivity contribution in [3.8, 4) is 0 Å². The second-order valence-electron chi connectivity index (χ2n) is 4.99. The number of aliphatic hydroxyl groups is 1. The lowest BCUT2D eigenvalue weighted by Gasteiger charge is -2.35. The number of rotatable bonds is 3. The molecule has 3 nitrogen and oxygen atoms in total. The van der Waals surface area contributed by atoms with Gasteiger partial charge in [0, 0.05) is 18.6 Å². The van der Waals surface area contributed by atoms with Gasteiger partial charge in [0.15, 0.2) is 0 Å². The summed E-state index contributed by atoms with van der Waals surface area (Å²) >= 11 is 0. The number of aliphatic hydroxyl groups excluding tert-OH is 1. The fourth-order valence-electron chi connectivity index (χ4n) is 2.82. The highest BCUT2D eigenvalue weighted by Crippen LogP contribution is 2.51. The van der Waals surface area contributed by atoms with Crippen molar-refractivity contribution in [1.82, 2.24) is 4.90 Å². The van der Waals surface area contributed by atoms with Crippen LogP contribution in [-0.4, -0.2) is 36.3 Å². The Morgan fingerprint density at radius 2 is 1.76 bits per heavy atom. The van der Waals surface area contributed by atoms with E-state index in [1.165, 1.54) is 18.4 Å². The lowest BCUT2D eigenvalue weighted by molar-refractivity contribution is 0.00834. The molecule has 0 bridgehead atoms. The summed E-state index contributed by atoms with van der Waals surface area (Å²) in [4.78, 5) is 2.56. The molecule has 1 aliphatic carbocycles. The monoisotopic (exact) mass is 233 g/mol. The van der Waals surface area contributed by atoms with Gasteiger partial charge in [-0.1, -0.05) is 24.3 Å². The second-order valence-corrected chi connectivity index (χ2v) is 4.99. The fraction of sp³-hybridized carbons (Fsp3) is 0.571. The van der Waals surface area contributed by atoms with Crippen LogP contribution in [0, 0.1) is 0 Å². The Morgan fingerprint density at radius 3 is 2.29 bits per heavy atom. The van der Waals surface area contributed by atoms with Gasteiger partial charge in [-0.25, -0.2) is 0 Å². The molecule has 0 unspecified atom stereocenters. The smallest absolute Gasteiger partial charge is 0.0681 e. The van der Waals surface area contributed by atoms with Crippen molar-refractivity contribution in [2.75, 3.05) is 26.3 Å². The quantitative estimate of drug-likeness (QED) is 0.858. The molecular formula is C14H19NO2. The molecule has 0 atom stereocenters. The van der Waals surface area contributed by atoms with E-state index in [0.29, 0.717) is 0 Å². The summed E-state index contributed by atoms with van der Waals surface area (Å²) in [5.41, 5.74) is 2.67. The maximum atomic E-state index is 9.07. The Balaban J connectivity index is 1.81. The standard InChI is InChI=1S/C14H19NO2/c16-11-12-1-3-13(4-2-12)14(5-6-14)15-7-9-17-10-8-15/h1-4,16H,5-11H2. The van der Waals surface area contributed by atoms with Crippen molar-refractivity contribution in [2.24, 2.45) is 0 Å². The average molecular weight is 233 g/mol. The van der Waals surface area contributed by atoms with Gasteiger partial charge in [-0.3, -0.25) is 4.90 Å². The molecule has 2 aliphatic rings. The van der Waals surface area contributed by atoms with Gasteiger partial charge in [-0.15, -0.1) is 0 Å². The molecule has 0 radical (unpaired) electrons. The normalized spacial score (nSPS) is 23.6. The van der Waals surface area contributed by atoms with Crippen LogP contribution in [0.1, 0.15) is 24.0 Å². The Hall–Kier alpha value is -0.900. The summed E-state index contributed by atoms with van der Waals surface area (Å²) in [6, 6.07) is 8.42. The minimum absolute atomic E-state index is 0.130. The largest absolute Gasteiger partial charge is 0.392 e. The van der Waals surface area contributed by atoms with Crippen molar-refractivity contribution in [1.29, 1.82) is 0 Å². The zero-order chi connectivity index (χ0) is 11.7. The number of nitrogens with zero attached hydrogens (tertiary/aromatic N) is 1. The molecule has 2 fully saturated rings. The molecule has 1 N–H and O–H groups in total. The highest BCUT2D eigenvalue weighted by atomic mass is 16.5. The van der Waals surface area contributed by atoms with E-state index in [2.05, 4.69) is 17.0 Å². The number of morpholine rings is 1. The lowest BCUT2D eigenvalue weighted by atomic mass is 10.0. The summed E-state index contributed by atoms with van der Waals surface area (Å²) in [6.07, 6.45) is 2.51. The van der Waals surface area contributed by atoms with E-state index >= 15 is 0 Å². The molecule has 1 aliphatic heterocycles. The summed E-state index contributed by atoms with van der Waals surface area (Å²) in [7, 11) is 0. The van der Waals surface area contributed by atoms with E-state index in [0.717, 1.165) is 31.9 Å². The Bertz CT molecular complexity index is 378. The van der Waals surface area contributed by atoms with Gasteiger partial charge >= 0.3 is 0 Å². The first-order chi connectivity index (χ1) is 8.35. The van der Waals surface area contributed by atoms with E-state index in [1.807, 2.05) is 12.1 Å². The first-order valence-electron chi connectivity index (χ1n) is 6.38. The second kappa shape index (κ2) is 4.41. The predicted molar refractivity (Wildman–Crippen MR) is 65.7 cm³/mol. The van der Waals surface area contributed by atoms with Crippen LogP contribution in [0.25, 0.3) is 0 Å². The third-order valence-electron chi connectivity index (χ3n) is 4.01. The number of hydrogen-bond donors (Lipinski definition) is 1. The lowest BCUT2D eigenvalue weighted by Crippen LogP contribution is -2.43. The Labute approximate surface area is 102 Å². The molecule has 1 aromatic carbocycles. The molecule has 0 amide bonds. The fourth-order valence-corrected chi connectivity index (χ4v) is 2.82. The molecule has 1 saturated heterocycles. The van der Waals surface area contributed by atoms with E-state index in [4.69, 9.17) is 9.84 Å². The van der Waals surface area contributed by atoms with E-state index in [-0.39, 0.29) is 12.1 Å². The van der Waals surface area contributed by atoms with Crippen LogP contribution in [-0.2, 0) is 16.9 Å². The van der Waals surface area contributed by atoms with Crippen LogP contribution in [0.3, 0.4) is 0 Å². The van der Waals surface area contributed by atoms with Crippen LogP contribution in [0.15, 0.2) is 24.3 Å². The number of hydrogen-bond acceptors (Lipinski definition) is 3. The van der Waals surface area contributed by atoms with Crippen molar-refractivity contribution in [2.45, 2.75) is 25.0 Å². The van der Waals surface area contributed by atoms with Crippen molar-refractivity contribution in [3.63, 3.8) is 0 Å². The first kappa shape index (κ1) is 11.2. The maximum Gasteiger partial charge on any atom is 0.0681 e. The predicted octanol–water partition coefficient (Wildman–Crippen LogP) is 1.50. The van der Waals surface area contributed by atoms with Gasteiger partial charge in [0.2, 0.25) is 0 Å². The maximum absolute atomic E-state index is 9.07. The van der Waals surface area contributed by atoms with Gasteiger partial charge in [-0.2, -0.15) is 0 Å². The van der Waals surface area contributed by atoms with E-state index in [1.54, 1.807) is 0 Å². The minimum atomic E-state index is 0.130. The zero-order valence-electron chi connectivity index (χ0n) is 10.1. The molecule has 1 aromatic rings. The van der Waals surface area contributed by atoms with Crippen molar-refractivity contribution >= 4 is 0 Å². The van der Waals surface area contributed by atoms with E-state index in [9.17, 15) is 0 Å². The molecule has 1 heterocycles. The molecule has 3 heteroatoms. The minimum Gasteiger partial charge on any atom is -0.392 e. The summed E-state index contributed by atoms with van der Waals surface area (Å²) in [5.74, 6) is 0. The summed E-state index contributed by atoms with van der Waals surface area (Å²) in [5, 5.41) is 9.07. The van der Waals surface area contributed by atoms with Crippen LogP contribution in [0.4, 0.5) is 0 Å². The van der Waals surface area contributed by atoms with Gasteiger partial charge in [-0.05, 0) is 24.0 Å². The highest BCUT2D eigenvalue weighted by Gasteiger charge is 2.49. The molecular weight excluding hydrogens is 214 g/mol. The Morgan fingerprint density at radius 1 is 1.12 bits per heavy atom. The van der Waals surface area contributed by atoms with Crippen LogP contribution in [0.5, 0.6) is 0 Å². The number of benzene rings is 1. The van der Waals surface area contributed by atoms with Crippen molar-refractivity contribution < 1.29 is 9.84 Å². The van der Waals surface area contributed by atoms with Crippen LogP contribution >= 0.6 is 0 Å². The summed E-state index contributed by atoms with van der Waals surface area (Å²) < 4.78 is 5.42. The Kier molecular flexibility index (Phi) is 2.90. The number of ether oxygens (including phenoxy) is 1. The zero-order valence-corrected chi connectivity index (χ0v) is 10.1. The molecule has 17 heavy (non-hydrogen) atoms. The highest BCUT2D eigenvalue weighted by molar-refractivity contribution is 5.33. The first-order valence-corrected chi connectivity index (χ1v) is 6.38. The van der Waals surface area contributed by atoms with Crippen molar-refractivity contribution in [3.05, 3.63) is 35.4 Å². The topological polar surface area (TPSA) is 32.7 Å². The molecule has 3 rings (SSSR count). The van der Waals surface area contributed by atoms with Gasteiger partial charge in [0.05, 0.1) is 19.8 Å². The summed E-state index contributed by atoms with van der Waals surface area (Å²) in [6.45, 7) is 3.93. The van der Waals surface area contributed by atoms with Gasteiger partial charge in [0.1, 0.15) is 0 Å². The van der Waals surface area contributed by atoms with E-state index < -0.39 is 0 Å². The third-order valence-corrected chi connectivity index (χ3v) is 4.01. The SMILES string of the molecule is OCc1ccc(C2(N3CCOCC3)CC2)cc1. The average Bonchev–Trinajstić information content (AvgIpc) is 3.21. The van der Waals surface area contributed by atoms with Gasteiger partial charge < -0.3 is 9.84 Å². The molecule has 0 spiro atoms. The van der Waals surface area contributed by atoms with Gasteiger partial charge in [0.25, 0.3) is 0 Å². The molecule has 0 aromatic heterocycles. The molecule has 92 valence electrons.